The van der Waals surface area contributed by atoms with Crippen LogP contribution in [0, 0.1) is 0 Å². The number of anilines is 1. The monoisotopic (exact) mass is 261 g/mol. The summed E-state index contributed by atoms with van der Waals surface area (Å²) in [4.78, 5) is 11.8. The predicted octanol–water partition coefficient (Wildman–Crippen LogP) is 3.23. The smallest absolute Gasteiger partial charge is 0.228 e. The van der Waals surface area contributed by atoms with Crippen LogP contribution in [0.5, 0.6) is 5.75 Å². The van der Waals surface area contributed by atoms with Gasteiger partial charge in [-0.15, -0.1) is 0 Å². The van der Waals surface area contributed by atoms with E-state index in [2.05, 4.69) is 5.32 Å². The van der Waals surface area contributed by atoms with Crippen LogP contribution in [0.15, 0.2) is 48.5 Å². The van der Waals surface area contributed by atoms with E-state index in [4.69, 9.17) is 16.7 Å². The van der Waals surface area contributed by atoms with Crippen molar-refractivity contribution in [3.63, 3.8) is 0 Å². The minimum absolute atomic E-state index is 0.122. The Morgan fingerprint density at radius 3 is 2.56 bits per heavy atom. The molecule has 0 aromatic heterocycles. The fourth-order valence-electron chi connectivity index (χ4n) is 1.58. The highest BCUT2D eigenvalue weighted by Gasteiger charge is 2.04. The van der Waals surface area contributed by atoms with E-state index >= 15 is 0 Å². The molecule has 0 radical (unpaired) electrons. The summed E-state index contributed by atoms with van der Waals surface area (Å²) >= 11 is 5.85. The summed E-state index contributed by atoms with van der Waals surface area (Å²) in [5.74, 6) is 0.0470. The molecule has 0 fully saturated rings. The molecule has 1 amide bonds. The van der Waals surface area contributed by atoms with Crippen LogP contribution in [0.4, 0.5) is 5.69 Å². The molecule has 4 heteroatoms. The van der Waals surface area contributed by atoms with E-state index in [0.29, 0.717) is 10.7 Å². The van der Waals surface area contributed by atoms with Crippen molar-refractivity contribution in [1.29, 1.82) is 0 Å². The molecule has 2 aromatic rings. The average molecular weight is 262 g/mol. The number of nitrogens with one attached hydrogen (secondary N) is 1. The lowest BCUT2D eigenvalue weighted by atomic mass is 10.1. The number of benzene rings is 2. The van der Waals surface area contributed by atoms with Gasteiger partial charge in [0.05, 0.1) is 6.42 Å². The molecule has 92 valence electrons. The summed E-state index contributed by atoms with van der Waals surface area (Å²) in [6.45, 7) is 0. The van der Waals surface area contributed by atoms with E-state index < -0.39 is 0 Å². The Hall–Kier alpha value is -2.00. The molecule has 0 aliphatic rings. The number of halogens is 1. The fourth-order valence-corrected chi connectivity index (χ4v) is 1.80. The molecule has 0 spiro atoms. The highest BCUT2D eigenvalue weighted by Crippen LogP contribution is 2.15. The van der Waals surface area contributed by atoms with Crippen LogP contribution in [0.1, 0.15) is 5.56 Å². The van der Waals surface area contributed by atoms with Crippen molar-refractivity contribution >= 4 is 23.2 Å². The molecule has 3 nitrogen and oxygen atoms in total. The Labute approximate surface area is 110 Å². The van der Waals surface area contributed by atoms with Gasteiger partial charge in [-0.1, -0.05) is 23.7 Å². The van der Waals surface area contributed by atoms with E-state index in [1.807, 2.05) is 12.1 Å². The SMILES string of the molecule is O=C(Cc1cccc(Cl)c1)Nc1ccc(O)cc1. The van der Waals surface area contributed by atoms with Crippen molar-refractivity contribution in [2.45, 2.75) is 6.42 Å². The van der Waals surface area contributed by atoms with Crippen LogP contribution in [0.3, 0.4) is 0 Å². The summed E-state index contributed by atoms with van der Waals surface area (Å²) in [6.07, 6.45) is 0.265. The van der Waals surface area contributed by atoms with Crippen molar-refractivity contribution in [2.24, 2.45) is 0 Å². The molecule has 2 N–H and O–H groups in total. The summed E-state index contributed by atoms with van der Waals surface area (Å²) in [6, 6.07) is 13.5. The van der Waals surface area contributed by atoms with E-state index in [9.17, 15) is 4.79 Å². The molecular weight excluding hydrogens is 250 g/mol. The van der Waals surface area contributed by atoms with Gasteiger partial charge in [-0.3, -0.25) is 4.79 Å². The number of hydrogen-bond donors (Lipinski definition) is 2. The number of carbonyl (C=O) groups excluding carboxylic acids is 1. The van der Waals surface area contributed by atoms with E-state index in [-0.39, 0.29) is 18.1 Å². The van der Waals surface area contributed by atoms with Gasteiger partial charge in [-0.2, -0.15) is 0 Å². The fraction of sp³-hybridized carbons (Fsp3) is 0.0714. The summed E-state index contributed by atoms with van der Waals surface area (Å²) in [5.41, 5.74) is 1.51. The maximum atomic E-state index is 11.8. The first kappa shape index (κ1) is 12.5. The van der Waals surface area contributed by atoms with Crippen LogP contribution < -0.4 is 5.32 Å². The first-order chi connectivity index (χ1) is 8.63. The molecule has 0 saturated carbocycles. The van der Waals surface area contributed by atoms with Gasteiger partial charge in [0.1, 0.15) is 5.75 Å². The second-order valence-corrected chi connectivity index (χ2v) is 4.34. The average Bonchev–Trinajstić information content (AvgIpc) is 2.32. The van der Waals surface area contributed by atoms with Crippen molar-refractivity contribution in [3.8, 4) is 5.75 Å². The van der Waals surface area contributed by atoms with Gasteiger partial charge < -0.3 is 10.4 Å². The Kier molecular flexibility index (Phi) is 3.85. The lowest BCUT2D eigenvalue weighted by Gasteiger charge is -2.05. The van der Waals surface area contributed by atoms with Gasteiger partial charge in [0, 0.05) is 10.7 Å². The molecule has 0 saturated heterocycles. The molecule has 2 aromatic carbocycles. The third-order valence-corrected chi connectivity index (χ3v) is 2.64. The highest BCUT2D eigenvalue weighted by molar-refractivity contribution is 6.30. The zero-order chi connectivity index (χ0) is 13.0. The number of hydrogen-bond acceptors (Lipinski definition) is 2. The molecule has 0 atom stereocenters. The third kappa shape index (κ3) is 3.50. The van der Waals surface area contributed by atoms with Crippen molar-refractivity contribution in [2.75, 3.05) is 5.32 Å². The van der Waals surface area contributed by atoms with E-state index in [1.165, 1.54) is 12.1 Å². The second kappa shape index (κ2) is 5.56. The van der Waals surface area contributed by atoms with Gasteiger partial charge in [-0.05, 0) is 42.0 Å². The summed E-state index contributed by atoms with van der Waals surface area (Å²) < 4.78 is 0. The van der Waals surface area contributed by atoms with Crippen molar-refractivity contribution in [3.05, 3.63) is 59.1 Å². The van der Waals surface area contributed by atoms with Crippen LogP contribution in [-0.2, 0) is 11.2 Å². The van der Waals surface area contributed by atoms with Crippen molar-refractivity contribution in [1.82, 2.24) is 0 Å². The molecule has 0 aliphatic carbocycles. The van der Waals surface area contributed by atoms with E-state index in [1.54, 1.807) is 24.3 Å². The first-order valence-corrected chi connectivity index (χ1v) is 5.84. The zero-order valence-corrected chi connectivity index (χ0v) is 10.3. The minimum atomic E-state index is -0.122. The summed E-state index contributed by atoms with van der Waals surface area (Å²) in [7, 11) is 0. The number of phenols is 1. The third-order valence-electron chi connectivity index (χ3n) is 2.40. The lowest BCUT2D eigenvalue weighted by molar-refractivity contribution is -0.115. The standard InChI is InChI=1S/C14H12ClNO2/c15-11-3-1-2-10(8-11)9-14(18)16-12-4-6-13(17)7-5-12/h1-8,17H,9H2,(H,16,18). The Morgan fingerprint density at radius 2 is 1.89 bits per heavy atom. The van der Waals surface area contributed by atoms with Crippen molar-refractivity contribution < 1.29 is 9.90 Å². The van der Waals surface area contributed by atoms with Gasteiger partial charge >= 0.3 is 0 Å². The van der Waals surface area contributed by atoms with Crippen LogP contribution in [0.25, 0.3) is 0 Å². The number of rotatable bonds is 3. The topological polar surface area (TPSA) is 49.3 Å². The van der Waals surface area contributed by atoms with E-state index in [0.717, 1.165) is 5.56 Å². The number of carbonyl (C=O) groups is 1. The highest BCUT2D eigenvalue weighted by atomic mass is 35.5. The number of aromatic hydroxyl groups is 1. The second-order valence-electron chi connectivity index (χ2n) is 3.90. The molecule has 18 heavy (non-hydrogen) atoms. The maximum absolute atomic E-state index is 11.8. The first-order valence-electron chi connectivity index (χ1n) is 5.47. The molecule has 0 bridgehead atoms. The van der Waals surface area contributed by atoms with Gasteiger partial charge in [0.2, 0.25) is 5.91 Å². The maximum Gasteiger partial charge on any atom is 0.228 e. The van der Waals surface area contributed by atoms with Gasteiger partial charge in [0.15, 0.2) is 0 Å². The lowest BCUT2D eigenvalue weighted by Crippen LogP contribution is -2.14. The Bertz CT molecular complexity index is 552. The minimum Gasteiger partial charge on any atom is -0.508 e. The number of phenolic OH excluding ortho intramolecular Hbond substituents is 1. The van der Waals surface area contributed by atoms with Crippen LogP contribution in [-0.4, -0.2) is 11.0 Å². The Balaban J connectivity index is 1.98. The molecule has 0 aliphatic heterocycles. The van der Waals surface area contributed by atoms with Gasteiger partial charge in [0.25, 0.3) is 0 Å². The quantitative estimate of drug-likeness (QED) is 0.834. The number of amides is 1. The predicted molar refractivity (Wildman–Crippen MR) is 71.9 cm³/mol. The zero-order valence-electron chi connectivity index (χ0n) is 9.56. The largest absolute Gasteiger partial charge is 0.508 e. The van der Waals surface area contributed by atoms with Crippen LogP contribution in [0.2, 0.25) is 5.02 Å². The molecule has 0 heterocycles. The van der Waals surface area contributed by atoms with Gasteiger partial charge in [-0.25, -0.2) is 0 Å². The molecule has 2 rings (SSSR count). The van der Waals surface area contributed by atoms with Crippen LogP contribution >= 0.6 is 11.6 Å². The Morgan fingerprint density at radius 1 is 1.17 bits per heavy atom. The molecule has 0 unspecified atom stereocenters. The summed E-state index contributed by atoms with van der Waals surface area (Å²) in [5, 5.41) is 12.5. The normalized spacial score (nSPS) is 10.1. The molecular formula is C14H12ClNO2.